The molecule has 0 spiro atoms. The van der Waals surface area contributed by atoms with E-state index in [-0.39, 0.29) is 25.2 Å². The number of carbonyl (C=O) groups excluding carboxylic acids is 1. The lowest BCUT2D eigenvalue weighted by Gasteiger charge is -2.17. The van der Waals surface area contributed by atoms with Crippen molar-refractivity contribution in [3.05, 3.63) is 0 Å². The first kappa shape index (κ1) is 13.8. The summed E-state index contributed by atoms with van der Waals surface area (Å²) in [6.07, 6.45) is 0.0664. The summed E-state index contributed by atoms with van der Waals surface area (Å²) in [5.74, 6) is -1.67. The zero-order chi connectivity index (χ0) is 9.07. The number of amides is 1. The first-order chi connectivity index (χ1) is 4.86. The molecule has 1 atom stereocenters. The van der Waals surface area contributed by atoms with Gasteiger partial charge in [0.05, 0.1) is 0 Å². The van der Waals surface area contributed by atoms with Crippen LogP contribution in [0, 0.1) is 0 Å². The van der Waals surface area contributed by atoms with Gasteiger partial charge in [0, 0.05) is 6.42 Å². The van der Waals surface area contributed by atoms with E-state index in [0.29, 0.717) is 0 Å². The summed E-state index contributed by atoms with van der Waals surface area (Å²) in [5, 5.41) is 8.48. The summed E-state index contributed by atoms with van der Waals surface area (Å²) in [7, 11) is 0. The number of aliphatic carboxylic acids is 1. The molecule has 5 N–H and O–H groups in total. The number of carboxylic acid groups (broad SMARTS) is 1. The molecular weight excluding hydrogens is 184 g/mol. The maximum atomic E-state index is 10.4. The summed E-state index contributed by atoms with van der Waals surface area (Å²) in [6, 6.07) is 0. The van der Waals surface area contributed by atoms with Crippen molar-refractivity contribution in [2.24, 2.45) is 11.5 Å². The predicted octanol–water partition coefficient (Wildman–Crippen LogP) is -0.524. The van der Waals surface area contributed by atoms with Crippen molar-refractivity contribution in [2.45, 2.75) is 25.3 Å². The molecule has 0 aromatic heterocycles. The molecule has 0 aliphatic carbocycles. The van der Waals surface area contributed by atoms with Crippen LogP contribution in [0.2, 0.25) is 0 Å². The molecule has 0 saturated carbocycles. The Morgan fingerprint density at radius 3 is 2.17 bits per heavy atom. The van der Waals surface area contributed by atoms with E-state index in [1.807, 2.05) is 0 Å². The lowest BCUT2D eigenvalue weighted by molar-refractivity contribution is -0.143. The fourth-order valence-electron chi connectivity index (χ4n) is 0.490. The number of nitrogens with two attached hydrogens (primary N) is 2. The normalized spacial score (nSPS) is 14.2. The highest BCUT2D eigenvalue weighted by atomic mass is 35.5. The highest BCUT2D eigenvalue weighted by Gasteiger charge is 2.27. The third-order valence-electron chi connectivity index (χ3n) is 1.38. The first-order valence-electron chi connectivity index (χ1n) is 3.17. The van der Waals surface area contributed by atoms with Crippen molar-refractivity contribution in [3.8, 4) is 0 Å². The number of hydrogen-bond acceptors (Lipinski definition) is 3. The van der Waals surface area contributed by atoms with Crippen LogP contribution in [0.25, 0.3) is 0 Å². The Hall–Kier alpha value is -0.810. The van der Waals surface area contributed by atoms with E-state index in [0.717, 1.165) is 0 Å². The smallest absolute Gasteiger partial charge is 0.323 e. The van der Waals surface area contributed by atoms with Crippen LogP contribution in [0.4, 0.5) is 0 Å². The second kappa shape index (κ2) is 4.95. The number of primary amides is 1. The molecule has 0 aromatic carbocycles. The topological polar surface area (TPSA) is 106 Å². The van der Waals surface area contributed by atoms with Crippen molar-refractivity contribution in [3.63, 3.8) is 0 Å². The maximum Gasteiger partial charge on any atom is 0.323 e. The molecule has 1 amide bonds. The number of carboxylic acids is 1. The lowest BCUT2D eigenvalue weighted by atomic mass is 9.97. The molecule has 0 aliphatic heterocycles. The van der Waals surface area contributed by atoms with Crippen LogP contribution >= 0.6 is 12.4 Å². The monoisotopic (exact) mass is 196 g/mol. The molecule has 5 nitrogen and oxygen atoms in total. The molecule has 0 bridgehead atoms. The zero-order valence-corrected chi connectivity index (χ0v) is 7.56. The Morgan fingerprint density at radius 2 is 1.92 bits per heavy atom. The number of carbonyl (C=O) groups is 2. The minimum absolute atomic E-state index is 0. The van der Waals surface area contributed by atoms with Gasteiger partial charge >= 0.3 is 5.97 Å². The number of rotatable bonds is 4. The average Bonchev–Trinajstić information content (AvgIpc) is 1.84. The van der Waals surface area contributed by atoms with Gasteiger partial charge in [-0.2, -0.15) is 0 Å². The number of hydrogen-bond donors (Lipinski definition) is 3. The molecule has 0 aromatic rings. The predicted molar refractivity (Wildman–Crippen MR) is 45.9 cm³/mol. The summed E-state index contributed by atoms with van der Waals surface area (Å²) < 4.78 is 0. The van der Waals surface area contributed by atoms with Crippen LogP contribution < -0.4 is 11.5 Å². The Bertz CT molecular complexity index is 182. The van der Waals surface area contributed by atoms with Gasteiger partial charge in [-0.15, -0.1) is 12.4 Å². The van der Waals surface area contributed by atoms with Crippen LogP contribution in [0.5, 0.6) is 0 Å². The van der Waals surface area contributed by atoms with Crippen LogP contribution in [0.3, 0.4) is 0 Å². The van der Waals surface area contributed by atoms with E-state index in [4.69, 9.17) is 16.6 Å². The van der Waals surface area contributed by atoms with Crippen LogP contribution in [0.15, 0.2) is 0 Å². The highest BCUT2D eigenvalue weighted by molar-refractivity contribution is 5.85. The summed E-state index contributed by atoms with van der Waals surface area (Å²) in [5.41, 5.74) is 8.76. The largest absolute Gasteiger partial charge is 0.480 e. The molecule has 0 aliphatic rings. The van der Waals surface area contributed by atoms with Crippen molar-refractivity contribution in [1.29, 1.82) is 0 Å². The Labute approximate surface area is 76.5 Å². The van der Waals surface area contributed by atoms with E-state index in [1.165, 1.54) is 6.92 Å². The van der Waals surface area contributed by atoms with E-state index < -0.39 is 17.4 Å². The third kappa shape index (κ3) is 4.92. The SMILES string of the molecule is C[C@@](N)(CCC(N)=O)C(=O)O.Cl. The second-order valence-corrected chi connectivity index (χ2v) is 2.69. The van der Waals surface area contributed by atoms with E-state index >= 15 is 0 Å². The molecule has 72 valence electrons. The van der Waals surface area contributed by atoms with Gasteiger partial charge in [-0.3, -0.25) is 9.59 Å². The Morgan fingerprint density at radius 1 is 1.50 bits per heavy atom. The molecule has 0 saturated heterocycles. The van der Waals surface area contributed by atoms with Gasteiger partial charge in [-0.25, -0.2) is 0 Å². The molecular formula is C6H13ClN2O3. The van der Waals surface area contributed by atoms with E-state index in [1.54, 1.807) is 0 Å². The lowest BCUT2D eigenvalue weighted by Crippen LogP contribution is -2.45. The van der Waals surface area contributed by atoms with Crippen molar-refractivity contribution in [2.75, 3.05) is 0 Å². The Kier molecular flexibility index (Phi) is 5.67. The van der Waals surface area contributed by atoms with Gasteiger partial charge in [-0.05, 0) is 13.3 Å². The summed E-state index contributed by atoms with van der Waals surface area (Å²) >= 11 is 0. The van der Waals surface area contributed by atoms with Crippen molar-refractivity contribution < 1.29 is 14.7 Å². The molecule has 0 fully saturated rings. The fraction of sp³-hybridized carbons (Fsp3) is 0.667. The van der Waals surface area contributed by atoms with Gasteiger partial charge in [0.15, 0.2) is 0 Å². The Balaban J connectivity index is 0. The minimum Gasteiger partial charge on any atom is -0.480 e. The van der Waals surface area contributed by atoms with Crippen molar-refractivity contribution >= 4 is 24.3 Å². The van der Waals surface area contributed by atoms with Crippen molar-refractivity contribution in [1.82, 2.24) is 0 Å². The first-order valence-corrected chi connectivity index (χ1v) is 3.17. The molecule has 6 heteroatoms. The number of halogens is 1. The maximum absolute atomic E-state index is 10.4. The molecule has 12 heavy (non-hydrogen) atoms. The average molecular weight is 197 g/mol. The standard InChI is InChI=1S/C6H12N2O3.ClH/c1-6(8,5(10)11)3-2-4(7)9;/h2-3,8H2,1H3,(H2,7,9)(H,10,11);1H/t6-;/m1./s1. The third-order valence-corrected chi connectivity index (χ3v) is 1.38. The summed E-state index contributed by atoms with van der Waals surface area (Å²) in [4.78, 5) is 20.6. The van der Waals surface area contributed by atoms with Gasteiger partial charge < -0.3 is 16.6 Å². The fourth-order valence-corrected chi connectivity index (χ4v) is 0.490. The van der Waals surface area contributed by atoms with Crippen LogP contribution in [0.1, 0.15) is 19.8 Å². The quantitative estimate of drug-likeness (QED) is 0.562. The van der Waals surface area contributed by atoms with Gasteiger partial charge in [0.25, 0.3) is 0 Å². The molecule has 0 radical (unpaired) electrons. The highest BCUT2D eigenvalue weighted by Crippen LogP contribution is 2.07. The zero-order valence-electron chi connectivity index (χ0n) is 6.74. The molecule has 0 heterocycles. The van der Waals surface area contributed by atoms with Gasteiger partial charge in [0.1, 0.15) is 5.54 Å². The van der Waals surface area contributed by atoms with Gasteiger partial charge in [0.2, 0.25) is 5.91 Å². The van der Waals surface area contributed by atoms with E-state index in [2.05, 4.69) is 0 Å². The van der Waals surface area contributed by atoms with E-state index in [9.17, 15) is 9.59 Å². The second-order valence-electron chi connectivity index (χ2n) is 2.69. The summed E-state index contributed by atoms with van der Waals surface area (Å²) in [6.45, 7) is 1.35. The van der Waals surface area contributed by atoms with Gasteiger partial charge in [-0.1, -0.05) is 0 Å². The molecule has 0 rings (SSSR count). The molecule has 0 unspecified atom stereocenters. The van der Waals surface area contributed by atoms with Crippen LogP contribution in [-0.4, -0.2) is 22.5 Å². The minimum atomic E-state index is -1.35. The van der Waals surface area contributed by atoms with Crippen LogP contribution in [-0.2, 0) is 9.59 Å².